The lowest BCUT2D eigenvalue weighted by Crippen LogP contribution is -2.40. The molecular weight excluding hydrogens is 254 g/mol. The average Bonchev–Trinajstić information content (AvgIpc) is 2.98. The molecule has 1 atom stereocenters. The summed E-state index contributed by atoms with van der Waals surface area (Å²) in [6.45, 7) is 5.02. The van der Waals surface area contributed by atoms with Crippen molar-refractivity contribution in [1.29, 1.82) is 0 Å². The molecule has 0 bridgehead atoms. The highest BCUT2D eigenvalue weighted by molar-refractivity contribution is 5.97. The highest BCUT2D eigenvalue weighted by Crippen LogP contribution is 2.21. The van der Waals surface area contributed by atoms with Crippen molar-refractivity contribution in [3.8, 4) is 5.75 Å². The molecule has 3 N–H and O–H groups in total. The van der Waals surface area contributed by atoms with E-state index < -0.39 is 0 Å². The molecular formula is C15H23N3O2. The van der Waals surface area contributed by atoms with Gasteiger partial charge in [-0.1, -0.05) is 0 Å². The first-order chi connectivity index (χ1) is 9.61. The molecule has 0 aliphatic carbocycles. The number of carbonyl (C=O) groups is 1. The smallest absolute Gasteiger partial charge is 0.255 e. The standard InChI is InChI=1S/C15H23N3O2/c1-11(18-7-3-4-8-18)10-17-15(19)13-9-12(16)5-6-14(13)20-2/h5-6,9,11H,3-4,7-8,10,16H2,1-2H3,(H,17,19). The molecule has 0 aromatic heterocycles. The second kappa shape index (κ2) is 6.61. The van der Waals surface area contributed by atoms with Crippen LogP contribution >= 0.6 is 0 Å². The van der Waals surface area contributed by atoms with Gasteiger partial charge in [0.25, 0.3) is 5.91 Å². The molecule has 0 radical (unpaired) electrons. The van der Waals surface area contributed by atoms with Crippen LogP contribution in [0, 0.1) is 0 Å². The number of amides is 1. The molecule has 1 aliphatic rings. The minimum atomic E-state index is -0.139. The summed E-state index contributed by atoms with van der Waals surface area (Å²) in [6.07, 6.45) is 2.50. The zero-order chi connectivity index (χ0) is 14.5. The number of nitrogens with two attached hydrogens (primary N) is 1. The number of rotatable bonds is 5. The quantitative estimate of drug-likeness (QED) is 0.800. The molecule has 1 aromatic rings. The molecule has 20 heavy (non-hydrogen) atoms. The Hall–Kier alpha value is -1.75. The van der Waals surface area contributed by atoms with Gasteiger partial charge >= 0.3 is 0 Å². The zero-order valence-electron chi connectivity index (χ0n) is 12.2. The van der Waals surface area contributed by atoms with Crippen LogP contribution in [0.3, 0.4) is 0 Å². The van der Waals surface area contributed by atoms with Crippen LogP contribution in [0.15, 0.2) is 18.2 Å². The molecule has 1 saturated heterocycles. The van der Waals surface area contributed by atoms with Gasteiger partial charge in [0.15, 0.2) is 0 Å². The number of nitrogen functional groups attached to an aromatic ring is 1. The van der Waals surface area contributed by atoms with E-state index in [1.54, 1.807) is 25.3 Å². The van der Waals surface area contributed by atoms with Crippen LogP contribution in [-0.2, 0) is 0 Å². The Balaban J connectivity index is 1.95. The Morgan fingerprint density at radius 3 is 2.80 bits per heavy atom. The van der Waals surface area contributed by atoms with E-state index in [1.165, 1.54) is 12.8 Å². The Kier molecular flexibility index (Phi) is 4.84. The Labute approximate surface area is 120 Å². The van der Waals surface area contributed by atoms with Gasteiger partial charge in [0.1, 0.15) is 5.75 Å². The minimum Gasteiger partial charge on any atom is -0.496 e. The number of likely N-dealkylation sites (tertiary alicyclic amines) is 1. The van der Waals surface area contributed by atoms with Crippen molar-refractivity contribution in [3.63, 3.8) is 0 Å². The van der Waals surface area contributed by atoms with E-state index in [0.717, 1.165) is 13.1 Å². The first kappa shape index (κ1) is 14.7. The maximum absolute atomic E-state index is 12.2. The molecule has 110 valence electrons. The summed E-state index contributed by atoms with van der Waals surface area (Å²) in [5, 5.41) is 2.96. The number of hydrogen-bond donors (Lipinski definition) is 2. The van der Waals surface area contributed by atoms with Crippen LogP contribution in [0.5, 0.6) is 5.75 Å². The second-order valence-corrected chi connectivity index (χ2v) is 5.26. The van der Waals surface area contributed by atoms with Crippen molar-refractivity contribution < 1.29 is 9.53 Å². The summed E-state index contributed by atoms with van der Waals surface area (Å²) in [6, 6.07) is 5.44. The Bertz CT molecular complexity index is 470. The normalized spacial score (nSPS) is 16.9. The third-order valence-corrected chi connectivity index (χ3v) is 3.79. The lowest BCUT2D eigenvalue weighted by atomic mass is 10.1. The number of anilines is 1. The van der Waals surface area contributed by atoms with Crippen LogP contribution in [0.1, 0.15) is 30.1 Å². The molecule has 1 aliphatic heterocycles. The number of methoxy groups -OCH3 is 1. The van der Waals surface area contributed by atoms with Crippen LogP contribution < -0.4 is 15.8 Å². The van der Waals surface area contributed by atoms with Crippen LogP contribution in [-0.4, -0.2) is 43.6 Å². The third-order valence-electron chi connectivity index (χ3n) is 3.79. The van der Waals surface area contributed by atoms with Crippen molar-refractivity contribution in [2.45, 2.75) is 25.8 Å². The van der Waals surface area contributed by atoms with E-state index >= 15 is 0 Å². The number of nitrogens with one attached hydrogen (secondary N) is 1. The van der Waals surface area contributed by atoms with Gasteiger partial charge in [-0.3, -0.25) is 9.69 Å². The number of hydrogen-bond acceptors (Lipinski definition) is 4. The van der Waals surface area contributed by atoms with Gasteiger partial charge in [-0.25, -0.2) is 0 Å². The molecule has 1 amide bonds. The molecule has 0 saturated carbocycles. The van der Waals surface area contributed by atoms with Gasteiger partial charge in [0, 0.05) is 18.3 Å². The van der Waals surface area contributed by atoms with Gasteiger partial charge in [-0.15, -0.1) is 0 Å². The van der Waals surface area contributed by atoms with Gasteiger partial charge < -0.3 is 15.8 Å². The first-order valence-corrected chi connectivity index (χ1v) is 7.07. The van der Waals surface area contributed by atoms with Crippen molar-refractivity contribution in [1.82, 2.24) is 10.2 Å². The van der Waals surface area contributed by atoms with E-state index in [9.17, 15) is 4.79 Å². The Morgan fingerprint density at radius 2 is 2.15 bits per heavy atom. The molecule has 5 nitrogen and oxygen atoms in total. The molecule has 1 heterocycles. The number of nitrogens with zero attached hydrogens (tertiary/aromatic N) is 1. The number of ether oxygens (including phenoxy) is 1. The van der Waals surface area contributed by atoms with Crippen molar-refractivity contribution in [2.75, 3.05) is 32.5 Å². The minimum absolute atomic E-state index is 0.139. The van der Waals surface area contributed by atoms with E-state index in [4.69, 9.17) is 10.5 Å². The van der Waals surface area contributed by atoms with E-state index in [-0.39, 0.29) is 5.91 Å². The Morgan fingerprint density at radius 1 is 1.45 bits per heavy atom. The molecule has 0 spiro atoms. The first-order valence-electron chi connectivity index (χ1n) is 7.07. The maximum Gasteiger partial charge on any atom is 0.255 e. The van der Waals surface area contributed by atoms with Crippen molar-refractivity contribution >= 4 is 11.6 Å². The molecule has 5 heteroatoms. The lowest BCUT2D eigenvalue weighted by molar-refractivity contribution is 0.0937. The SMILES string of the molecule is COc1ccc(N)cc1C(=O)NCC(C)N1CCCC1. The zero-order valence-corrected chi connectivity index (χ0v) is 12.2. The number of carbonyl (C=O) groups excluding carboxylic acids is 1. The van der Waals surface area contributed by atoms with Crippen LogP contribution in [0.2, 0.25) is 0 Å². The maximum atomic E-state index is 12.2. The highest BCUT2D eigenvalue weighted by atomic mass is 16.5. The number of benzene rings is 1. The van der Waals surface area contributed by atoms with E-state index in [1.807, 2.05) is 0 Å². The molecule has 1 fully saturated rings. The second-order valence-electron chi connectivity index (χ2n) is 5.26. The topological polar surface area (TPSA) is 67.6 Å². The summed E-state index contributed by atoms with van der Waals surface area (Å²) < 4.78 is 5.20. The third kappa shape index (κ3) is 3.42. The summed E-state index contributed by atoms with van der Waals surface area (Å²) in [5.41, 5.74) is 6.78. The largest absolute Gasteiger partial charge is 0.496 e. The van der Waals surface area contributed by atoms with E-state index in [2.05, 4.69) is 17.1 Å². The summed E-state index contributed by atoms with van der Waals surface area (Å²) in [7, 11) is 1.55. The van der Waals surface area contributed by atoms with Gasteiger partial charge in [-0.05, 0) is 51.1 Å². The summed E-state index contributed by atoms with van der Waals surface area (Å²) in [5.74, 6) is 0.408. The van der Waals surface area contributed by atoms with Gasteiger partial charge in [0.05, 0.1) is 12.7 Å². The molecule has 1 unspecified atom stereocenters. The lowest BCUT2D eigenvalue weighted by Gasteiger charge is -2.24. The average molecular weight is 277 g/mol. The van der Waals surface area contributed by atoms with Crippen LogP contribution in [0.4, 0.5) is 5.69 Å². The highest BCUT2D eigenvalue weighted by Gasteiger charge is 2.19. The molecule has 2 rings (SSSR count). The van der Waals surface area contributed by atoms with Crippen molar-refractivity contribution in [2.24, 2.45) is 0 Å². The van der Waals surface area contributed by atoms with Crippen molar-refractivity contribution in [3.05, 3.63) is 23.8 Å². The van der Waals surface area contributed by atoms with Gasteiger partial charge in [-0.2, -0.15) is 0 Å². The van der Waals surface area contributed by atoms with Crippen LogP contribution in [0.25, 0.3) is 0 Å². The fraction of sp³-hybridized carbons (Fsp3) is 0.533. The van der Waals surface area contributed by atoms with Gasteiger partial charge in [0.2, 0.25) is 0 Å². The van der Waals surface area contributed by atoms with E-state index in [0.29, 0.717) is 29.6 Å². The molecule has 1 aromatic carbocycles. The predicted octanol–water partition coefficient (Wildman–Crippen LogP) is 1.49. The monoisotopic (exact) mass is 277 g/mol. The fourth-order valence-corrected chi connectivity index (χ4v) is 2.55. The predicted molar refractivity (Wildman–Crippen MR) is 80.0 cm³/mol. The fourth-order valence-electron chi connectivity index (χ4n) is 2.55. The summed E-state index contributed by atoms with van der Waals surface area (Å²) >= 11 is 0. The summed E-state index contributed by atoms with van der Waals surface area (Å²) in [4.78, 5) is 14.6.